The molecular weight excluding hydrogens is 264 g/mol. The highest BCUT2D eigenvalue weighted by Gasteiger charge is 2.14. The van der Waals surface area contributed by atoms with Crippen LogP contribution in [0.2, 0.25) is 0 Å². The molecule has 0 fully saturated rings. The lowest BCUT2D eigenvalue weighted by molar-refractivity contribution is 0.766. The Labute approximate surface area is 125 Å². The third kappa shape index (κ3) is 2.68. The fourth-order valence-electron chi connectivity index (χ4n) is 2.76. The molecule has 0 amide bonds. The summed E-state index contributed by atoms with van der Waals surface area (Å²) in [7, 11) is 0. The van der Waals surface area contributed by atoms with Gasteiger partial charge in [0.15, 0.2) is 0 Å². The zero-order chi connectivity index (χ0) is 13.9. The van der Waals surface area contributed by atoms with Gasteiger partial charge >= 0.3 is 0 Å². The molecule has 2 aromatic rings. The molecule has 3 heteroatoms. The second-order valence-electron chi connectivity index (χ2n) is 5.20. The number of fused-ring (bicyclic) bond motifs is 1. The van der Waals surface area contributed by atoms with Gasteiger partial charge in [-0.15, -0.1) is 0 Å². The Bertz CT molecular complexity index is 619. The van der Waals surface area contributed by atoms with Gasteiger partial charge in [-0.2, -0.15) is 0 Å². The minimum absolute atomic E-state index is 0.456. The van der Waals surface area contributed by atoms with Crippen molar-refractivity contribution in [2.75, 3.05) is 11.4 Å². The van der Waals surface area contributed by atoms with Gasteiger partial charge in [0.1, 0.15) is 4.99 Å². The maximum atomic E-state index is 5.65. The molecule has 1 aliphatic rings. The highest BCUT2D eigenvalue weighted by molar-refractivity contribution is 7.80. The topological polar surface area (TPSA) is 29.3 Å². The Morgan fingerprint density at radius 1 is 1.00 bits per heavy atom. The van der Waals surface area contributed by atoms with Gasteiger partial charge in [0.2, 0.25) is 0 Å². The van der Waals surface area contributed by atoms with Gasteiger partial charge in [0.05, 0.1) is 0 Å². The third-order valence-electron chi connectivity index (χ3n) is 3.87. The van der Waals surface area contributed by atoms with E-state index < -0.39 is 0 Å². The van der Waals surface area contributed by atoms with Crippen LogP contribution in [0, 0.1) is 0 Å². The predicted octanol–water partition coefficient (Wildman–Crippen LogP) is 3.27. The smallest absolute Gasteiger partial charge is 0.103 e. The summed E-state index contributed by atoms with van der Waals surface area (Å²) in [5, 5.41) is 0. The summed E-state index contributed by atoms with van der Waals surface area (Å²) in [4.78, 5) is 2.88. The molecule has 102 valence electrons. The number of nitrogens with zero attached hydrogens (tertiary/aromatic N) is 1. The average molecular weight is 282 g/mol. The lowest BCUT2D eigenvalue weighted by Crippen LogP contribution is -2.22. The van der Waals surface area contributed by atoms with Crippen LogP contribution in [-0.2, 0) is 13.0 Å². The van der Waals surface area contributed by atoms with Crippen molar-refractivity contribution in [3.63, 3.8) is 0 Å². The van der Waals surface area contributed by atoms with E-state index in [1.807, 2.05) is 12.1 Å². The van der Waals surface area contributed by atoms with Crippen LogP contribution in [0.5, 0.6) is 0 Å². The summed E-state index contributed by atoms with van der Waals surface area (Å²) in [6, 6.07) is 17.0. The lowest BCUT2D eigenvalue weighted by atomic mass is 10.0. The van der Waals surface area contributed by atoms with Crippen molar-refractivity contribution in [2.24, 2.45) is 5.73 Å². The molecule has 0 bridgehead atoms. The maximum absolute atomic E-state index is 5.65. The largest absolute Gasteiger partial charge is 0.389 e. The van der Waals surface area contributed by atoms with E-state index in [-0.39, 0.29) is 0 Å². The summed E-state index contributed by atoms with van der Waals surface area (Å²) >= 11 is 5.00. The first-order valence-electron chi connectivity index (χ1n) is 6.95. The van der Waals surface area contributed by atoms with Gasteiger partial charge < -0.3 is 10.6 Å². The molecule has 0 aliphatic carbocycles. The van der Waals surface area contributed by atoms with Crippen LogP contribution in [0.25, 0.3) is 0 Å². The van der Waals surface area contributed by atoms with Crippen molar-refractivity contribution in [1.82, 2.24) is 0 Å². The number of benzene rings is 2. The van der Waals surface area contributed by atoms with Gasteiger partial charge in [0, 0.05) is 24.3 Å². The number of hydrogen-bond acceptors (Lipinski definition) is 2. The minimum atomic E-state index is 0.456. The molecule has 0 spiro atoms. The summed E-state index contributed by atoms with van der Waals surface area (Å²) < 4.78 is 0. The normalized spacial score (nSPS) is 14.5. The zero-order valence-electron chi connectivity index (χ0n) is 11.4. The molecule has 0 saturated carbocycles. The van der Waals surface area contributed by atoms with Gasteiger partial charge in [0.25, 0.3) is 0 Å². The lowest BCUT2D eigenvalue weighted by Gasteiger charge is -2.23. The second-order valence-corrected chi connectivity index (χ2v) is 5.64. The maximum Gasteiger partial charge on any atom is 0.103 e. The summed E-state index contributed by atoms with van der Waals surface area (Å²) in [5.41, 5.74) is 10.7. The van der Waals surface area contributed by atoms with Crippen LogP contribution >= 0.6 is 12.2 Å². The molecule has 2 N–H and O–H groups in total. The fraction of sp³-hybridized carbons (Fsp3) is 0.235. The van der Waals surface area contributed by atoms with Gasteiger partial charge in [-0.3, -0.25) is 0 Å². The standard InChI is InChI=1S/C17H18N2S/c18-17(20)14-7-9-16(10-8-14)19-11-3-6-13-4-1-2-5-15(13)12-19/h1-2,4-5,7-10H,3,6,11-12H2,(H2,18,20). The fourth-order valence-corrected chi connectivity index (χ4v) is 2.89. The summed E-state index contributed by atoms with van der Waals surface area (Å²) in [5.74, 6) is 0. The van der Waals surface area contributed by atoms with Crippen molar-refractivity contribution in [3.05, 3.63) is 65.2 Å². The first-order chi connectivity index (χ1) is 9.74. The molecule has 0 radical (unpaired) electrons. The Morgan fingerprint density at radius 2 is 1.70 bits per heavy atom. The molecule has 2 aromatic carbocycles. The van der Waals surface area contributed by atoms with Crippen LogP contribution < -0.4 is 10.6 Å². The highest BCUT2D eigenvalue weighted by Crippen LogP contribution is 2.24. The SMILES string of the molecule is NC(=S)c1ccc(N2CCCc3ccccc3C2)cc1. The number of nitrogens with two attached hydrogens (primary N) is 1. The molecule has 0 unspecified atom stereocenters. The Balaban J connectivity index is 1.85. The highest BCUT2D eigenvalue weighted by atomic mass is 32.1. The molecule has 2 nitrogen and oxygen atoms in total. The van der Waals surface area contributed by atoms with Gasteiger partial charge in [-0.05, 0) is 48.2 Å². The number of thiocarbonyl (C=S) groups is 1. The molecule has 3 rings (SSSR count). The van der Waals surface area contributed by atoms with Gasteiger partial charge in [-0.25, -0.2) is 0 Å². The van der Waals surface area contributed by atoms with E-state index in [4.69, 9.17) is 18.0 Å². The average Bonchev–Trinajstić information content (AvgIpc) is 2.69. The van der Waals surface area contributed by atoms with Crippen LogP contribution in [0.15, 0.2) is 48.5 Å². The van der Waals surface area contributed by atoms with Crippen molar-refractivity contribution < 1.29 is 0 Å². The van der Waals surface area contributed by atoms with E-state index in [9.17, 15) is 0 Å². The van der Waals surface area contributed by atoms with Crippen LogP contribution in [-0.4, -0.2) is 11.5 Å². The Hall–Kier alpha value is -1.87. The van der Waals surface area contributed by atoms with E-state index in [0.29, 0.717) is 4.99 Å². The van der Waals surface area contributed by atoms with E-state index in [0.717, 1.165) is 25.1 Å². The van der Waals surface area contributed by atoms with E-state index in [1.54, 1.807) is 0 Å². The monoisotopic (exact) mass is 282 g/mol. The number of hydrogen-bond donors (Lipinski definition) is 1. The number of aryl methyl sites for hydroxylation is 1. The summed E-state index contributed by atoms with van der Waals surface area (Å²) in [6.07, 6.45) is 2.35. The molecule has 0 saturated heterocycles. The summed E-state index contributed by atoms with van der Waals surface area (Å²) in [6.45, 7) is 2.06. The molecular formula is C17H18N2S. The Kier molecular flexibility index (Phi) is 3.70. The second kappa shape index (κ2) is 5.63. The van der Waals surface area contributed by atoms with Crippen LogP contribution in [0.4, 0.5) is 5.69 Å². The van der Waals surface area contributed by atoms with Crippen molar-refractivity contribution in [1.29, 1.82) is 0 Å². The minimum Gasteiger partial charge on any atom is -0.389 e. The van der Waals surface area contributed by atoms with Crippen LogP contribution in [0.3, 0.4) is 0 Å². The molecule has 0 aromatic heterocycles. The van der Waals surface area contributed by atoms with Crippen LogP contribution in [0.1, 0.15) is 23.1 Å². The van der Waals surface area contributed by atoms with Crippen molar-refractivity contribution in [2.45, 2.75) is 19.4 Å². The molecule has 1 heterocycles. The number of rotatable bonds is 2. The quantitative estimate of drug-likeness (QED) is 0.857. The van der Waals surface area contributed by atoms with E-state index in [2.05, 4.69) is 41.3 Å². The Morgan fingerprint density at radius 3 is 2.40 bits per heavy atom. The first kappa shape index (κ1) is 13.1. The molecule has 20 heavy (non-hydrogen) atoms. The van der Waals surface area contributed by atoms with Crippen molar-refractivity contribution >= 4 is 22.9 Å². The van der Waals surface area contributed by atoms with E-state index >= 15 is 0 Å². The third-order valence-corrected chi connectivity index (χ3v) is 4.11. The van der Waals surface area contributed by atoms with Gasteiger partial charge in [-0.1, -0.05) is 36.5 Å². The van der Waals surface area contributed by atoms with E-state index in [1.165, 1.54) is 23.2 Å². The molecule has 1 aliphatic heterocycles. The first-order valence-corrected chi connectivity index (χ1v) is 7.36. The van der Waals surface area contributed by atoms with Crippen molar-refractivity contribution in [3.8, 4) is 0 Å². The zero-order valence-corrected chi connectivity index (χ0v) is 12.2. The number of anilines is 1. The predicted molar refractivity (Wildman–Crippen MR) is 88.1 cm³/mol. The molecule has 0 atom stereocenters.